The quantitative estimate of drug-likeness (QED) is 0.841. The highest BCUT2D eigenvalue weighted by molar-refractivity contribution is 5.70. The van der Waals surface area contributed by atoms with Crippen LogP contribution in [0.4, 0.5) is 0 Å². The third-order valence-corrected chi connectivity index (χ3v) is 2.87. The average Bonchev–Trinajstić information content (AvgIpc) is 2.96. The summed E-state index contributed by atoms with van der Waals surface area (Å²) < 4.78 is 15.8. The number of ether oxygens (including phenoxy) is 2. The van der Waals surface area contributed by atoms with Gasteiger partial charge in [0.15, 0.2) is 0 Å². The summed E-state index contributed by atoms with van der Waals surface area (Å²) >= 11 is 0. The molecule has 1 unspecified atom stereocenters. The summed E-state index contributed by atoms with van der Waals surface area (Å²) in [6, 6.07) is 10.5. The van der Waals surface area contributed by atoms with Crippen molar-refractivity contribution >= 4 is 5.97 Å². The predicted octanol–water partition coefficient (Wildman–Crippen LogP) is 2.61. The average molecular weight is 276 g/mol. The molecule has 0 saturated heterocycles. The van der Waals surface area contributed by atoms with Crippen LogP contribution in [-0.2, 0) is 11.2 Å². The van der Waals surface area contributed by atoms with Gasteiger partial charge in [0.2, 0.25) is 0 Å². The number of rotatable bonds is 7. The van der Waals surface area contributed by atoms with Gasteiger partial charge in [-0.15, -0.1) is 0 Å². The molecule has 5 heteroatoms. The number of aliphatic carboxylic acids is 1. The fourth-order valence-corrected chi connectivity index (χ4v) is 1.78. The largest absolute Gasteiger partial charge is 0.497 e. The molecular formula is C15H16O5. The Morgan fingerprint density at radius 3 is 2.75 bits per heavy atom. The minimum Gasteiger partial charge on any atom is -0.497 e. The van der Waals surface area contributed by atoms with Crippen LogP contribution in [0.3, 0.4) is 0 Å². The van der Waals surface area contributed by atoms with Crippen molar-refractivity contribution in [3.8, 4) is 11.5 Å². The molecule has 1 heterocycles. The van der Waals surface area contributed by atoms with Crippen molar-refractivity contribution < 1.29 is 23.8 Å². The van der Waals surface area contributed by atoms with Crippen molar-refractivity contribution in [2.45, 2.75) is 6.42 Å². The molecule has 0 aliphatic heterocycles. The maximum Gasteiger partial charge on any atom is 0.310 e. The molecule has 20 heavy (non-hydrogen) atoms. The topological polar surface area (TPSA) is 68.9 Å². The molecule has 0 fully saturated rings. The SMILES string of the molecule is COc1cccc(OCC(Cc2ccco2)C(=O)O)c1. The van der Waals surface area contributed by atoms with Gasteiger partial charge in [0, 0.05) is 12.5 Å². The van der Waals surface area contributed by atoms with Crippen molar-refractivity contribution in [3.63, 3.8) is 0 Å². The van der Waals surface area contributed by atoms with Crippen molar-refractivity contribution in [2.24, 2.45) is 5.92 Å². The summed E-state index contributed by atoms with van der Waals surface area (Å²) in [5.74, 6) is 0.304. The van der Waals surface area contributed by atoms with Crippen molar-refractivity contribution in [3.05, 3.63) is 48.4 Å². The molecule has 2 rings (SSSR count). The van der Waals surface area contributed by atoms with Gasteiger partial charge in [0.25, 0.3) is 0 Å². The molecule has 1 aromatic heterocycles. The third-order valence-electron chi connectivity index (χ3n) is 2.87. The zero-order chi connectivity index (χ0) is 14.4. The summed E-state index contributed by atoms with van der Waals surface area (Å²) in [5.41, 5.74) is 0. The number of benzene rings is 1. The highest BCUT2D eigenvalue weighted by Gasteiger charge is 2.20. The summed E-state index contributed by atoms with van der Waals surface area (Å²) in [6.45, 7) is 0.0726. The third kappa shape index (κ3) is 3.78. The molecule has 1 N–H and O–H groups in total. The zero-order valence-corrected chi connectivity index (χ0v) is 11.1. The van der Waals surface area contributed by atoms with Crippen LogP contribution in [0, 0.1) is 5.92 Å². The van der Waals surface area contributed by atoms with E-state index >= 15 is 0 Å². The van der Waals surface area contributed by atoms with Crippen LogP contribution in [0.1, 0.15) is 5.76 Å². The Bertz CT molecular complexity index is 547. The molecule has 0 bridgehead atoms. The Labute approximate surface area is 116 Å². The van der Waals surface area contributed by atoms with Crippen LogP contribution in [0.25, 0.3) is 0 Å². The standard InChI is InChI=1S/C15H16O5/c1-18-12-4-2-5-14(9-12)20-10-11(15(16)17)8-13-6-3-7-19-13/h2-7,9,11H,8,10H2,1H3,(H,16,17). The van der Waals surface area contributed by atoms with Gasteiger partial charge in [-0.1, -0.05) is 6.07 Å². The predicted molar refractivity (Wildman–Crippen MR) is 72.0 cm³/mol. The van der Waals surface area contributed by atoms with Crippen LogP contribution in [0.5, 0.6) is 11.5 Å². The van der Waals surface area contributed by atoms with Gasteiger partial charge in [-0.05, 0) is 24.3 Å². The van der Waals surface area contributed by atoms with Crippen LogP contribution < -0.4 is 9.47 Å². The number of furan rings is 1. The molecule has 2 aromatic rings. The number of methoxy groups -OCH3 is 1. The lowest BCUT2D eigenvalue weighted by Gasteiger charge is -2.13. The van der Waals surface area contributed by atoms with E-state index in [1.54, 1.807) is 43.5 Å². The number of hydrogen-bond donors (Lipinski definition) is 1. The van der Waals surface area contributed by atoms with E-state index in [4.69, 9.17) is 13.9 Å². The van der Waals surface area contributed by atoms with Crippen LogP contribution in [0.15, 0.2) is 47.1 Å². The molecular weight excluding hydrogens is 260 g/mol. The van der Waals surface area contributed by atoms with Gasteiger partial charge in [-0.3, -0.25) is 4.79 Å². The van der Waals surface area contributed by atoms with Crippen molar-refractivity contribution in [1.82, 2.24) is 0 Å². The first-order valence-electron chi connectivity index (χ1n) is 6.21. The van der Waals surface area contributed by atoms with E-state index in [2.05, 4.69) is 0 Å². The smallest absolute Gasteiger partial charge is 0.310 e. The van der Waals surface area contributed by atoms with Gasteiger partial charge in [0.05, 0.1) is 19.3 Å². The van der Waals surface area contributed by atoms with E-state index in [9.17, 15) is 9.90 Å². The Balaban J connectivity index is 1.96. The molecule has 0 aliphatic rings. The van der Waals surface area contributed by atoms with E-state index in [1.165, 1.54) is 6.26 Å². The van der Waals surface area contributed by atoms with E-state index in [1.807, 2.05) is 0 Å². The molecule has 0 saturated carbocycles. The molecule has 1 aromatic carbocycles. The van der Waals surface area contributed by atoms with E-state index < -0.39 is 11.9 Å². The minimum atomic E-state index is -0.913. The Kier molecular flexibility index (Phi) is 4.65. The highest BCUT2D eigenvalue weighted by Crippen LogP contribution is 2.20. The van der Waals surface area contributed by atoms with Crippen LogP contribution in [0.2, 0.25) is 0 Å². The summed E-state index contributed by atoms with van der Waals surface area (Å²) in [6.07, 6.45) is 1.82. The van der Waals surface area contributed by atoms with E-state index in [0.717, 1.165) is 0 Å². The number of hydrogen-bond acceptors (Lipinski definition) is 4. The molecule has 106 valence electrons. The zero-order valence-electron chi connectivity index (χ0n) is 11.1. The summed E-state index contributed by atoms with van der Waals surface area (Å²) in [4.78, 5) is 11.2. The second-order valence-electron chi connectivity index (χ2n) is 4.31. The fourth-order valence-electron chi connectivity index (χ4n) is 1.78. The van der Waals surface area contributed by atoms with Gasteiger partial charge in [-0.25, -0.2) is 0 Å². The second-order valence-corrected chi connectivity index (χ2v) is 4.31. The lowest BCUT2D eigenvalue weighted by atomic mass is 10.1. The minimum absolute atomic E-state index is 0.0726. The molecule has 5 nitrogen and oxygen atoms in total. The molecule has 0 radical (unpaired) electrons. The van der Waals surface area contributed by atoms with E-state index in [0.29, 0.717) is 23.7 Å². The van der Waals surface area contributed by atoms with Crippen LogP contribution >= 0.6 is 0 Å². The Hall–Kier alpha value is -2.43. The summed E-state index contributed by atoms with van der Waals surface area (Å²) in [7, 11) is 1.57. The highest BCUT2D eigenvalue weighted by atomic mass is 16.5. The molecule has 0 spiro atoms. The second kappa shape index (κ2) is 6.65. The molecule has 1 atom stereocenters. The molecule has 0 aliphatic carbocycles. The first-order chi connectivity index (χ1) is 9.69. The van der Waals surface area contributed by atoms with Crippen molar-refractivity contribution in [2.75, 3.05) is 13.7 Å². The molecule has 0 amide bonds. The monoisotopic (exact) mass is 276 g/mol. The fraction of sp³-hybridized carbons (Fsp3) is 0.267. The number of carboxylic acids is 1. The lowest BCUT2D eigenvalue weighted by Crippen LogP contribution is -2.23. The summed E-state index contributed by atoms with van der Waals surface area (Å²) in [5, 5.41) is 9.20. The van der Waals surface area contributed by atoms with Crippen LogP contribution in [-0.4, -0.2) is 24.8 Å². The maximum absolute atomic E-state index is 11.2. The first kappa shape index (κ1) is 14.0. The first-order valence-corrected chi connectivity index (χ1v) is 6.21. The van der Waals surface area contributed by atoms with Crippen molar-refractivity contribution in [1.29, 1.82) is 0 Å². The van der Waals surface area contributed by atoms with Gasteiger partial charge >= 0.3 is 5.97 Å². The Morgan fingerprint density at radius 1 is 1.30 bits per heavy atom. The number of carboxylic acid groups (broad SMARTS) is 1. The lowest BCUT2D eigenvalue weighted by molar-refractivity contribution is -0.142. The maximum atomic E-state index is 11.2. The van der Waals surface area contributed by atoms with E-state index in [-0.39, 0.29) is 6.61 Å². The Morgan fingerprint density at radius 2 is 2.10 bits per heavy atom. The van der Waals surface area contributed by atoms with Gasteiger partial charge in [-0.2, -0.15) is 0 Å². The normalized spacial score (nSPS) is 11.8. The van der Waals surface area contributed by atoms with Gasteiger partial charge in [0.1, 0.15) is 23.9 Å². The number of carbonyl (C=O) groups is 1. The van der Waals surface area contributed by atoms with Gasteiger partial charge < -0.3 is 19.0 Å².